The fraction of sp³-hybridized carbons (Fsp3) is 0.138. The summed E-state index contributed by atoms with van der Waals surface area (Å²) in [6.07, 6.45) is 0. The van der Waals surface area contributed by atoms with Gasteiger partial charge >= 0.3 is 0 Å². The van der Waals surface area contributed by atoms with Gasteiger partial charge in [0.25, 0.3) is 11.8 Å². The summed E-state index contributed by atoms with van der Waals surface area (Å²) in [7, 11) is 0. The Morgan fingerprint density at radius 1 is 0.974 bits per heavy atom. The van der Waals surface area contributed by atoms with E-state index < -0.39 is 22.8 Å². The van der Waals surface area contributed by atoms with Gasteiger partial charge in [0.15, 0.2) is 11.0 Å². The second kappa shape index (κ2) is 8.33. The average Bonchev–Trinajstić information content (AvgIpc) is 3.54. The SMILES string of the molecule is Cc1ccc(CN2C(=O)C3(c4ccccc42)c2c(oc4ccc(Cl)cc4c2=O)C(=O)N3c2nnc(C)s2)cc1. The Hall–Kier alpha value is -4.34. The molecule has 1 spiro atoms. The summed E-state index contributed by atoms with van der Waals surface area (Å²) in [6.45, 7) is 4.00. The standard InChI is InChI=1S/C29H19ClN4O4S/c1-15-7-9-17(10-8-15)14-33-21-6-4-3-5-20(21)29(27(33)37)23-24(35)19-13-18(30)11-12-22(19)38-25(23)26(36)34(29)28-32-31-16(2)39-28/h3-13H,14H2,1-2H3. The molecule has 4 heterocycles. The number of rotatable bonds is 3. The van der Waals surface area contributed by atoms with Gasteiger partial charge in [-0.3, -0.25) is 19.3 Å². The van der Waals surface area contributed by atoms with Crippen LogP contribution in [0.2, 0.25) is 5.02 Å². The molecular weight excluding hydrogens is 536 g/mol. The highest BCUT2D eigenvalue weighted by atomic mass is 35.5. The van der Waals surface area contributed by atoms with E-state index in [0.717, 1.165) is 22.5 Å². The topological polar surface area (TPSA) is 96.6 Å². The molecule has 0 aliphatic carbocycles. The van der Waals surface area contributed by atoms with E-state index in [2.05, 4.69) is 10.2 Å². The highest BCUT2D eigenvalue weighted by Gasteiger charge is 2.66. The number of anilines is 2. The van der Waals surface area contributed by atoms with E-state index in [-0.39, 0.29) is 34.0 Å². The van der Waals surface area contributed by atoms with E-state index in [1.54, 1.807) is 36.1 Å². The van der Waals surface area contributed by atoms with Gasteiger partial charge in [-0.05, 0) is 43.7 Å². The van der Waals surface area contributed by atoms with Crippen molar-refractivity contribution in [2.75, 3.05) is 9.80 Å². The van der Waals surface area contributed by atoms with Gasteiger partial charge in [-0.15, -0.1) is 10.2 Å². The minimum absolute atomic E-state index is 0.0426. The molecule has 2 aromatic heterocycles. The van der Waals surface area contributed by atoms with Crippen LogP contribution in [-0.2, 0) is 16.9 Å². The number of amides is 2. The molecule has 5 aromatic rings. The van der Waals surface area contributed by atoms with Crippen molar-refractivity contribution in [1.82, 2.24) is 10.2 Å². The number of benzene rings is 3. The fourth-order valence-electron chi connectivity index (χ4n) is 5.54. The first-order valence-electron chi connectivity index (χ1n) is 12.2. The summed E-state index contributed by atoms with van der Waals surface area (Å²) < 4.78 is 6.06. The molecule has 1 atom stereocenters. The number of para-hydroxylation sites is 1. The molecule has 3 aromatic carbocycles. The zero-order valence-corrected chi connectivity index (χ0v) is 22.3. The Morgan fingerprint density at radius 2 is 1.74 bits per heavy atom. The zero-order chi connectivity index (χ0) is 27.1. The molecule has 39 heavy (non-hydrogen) atoms. The third kappa shape index (κ3) is 3.20. The van der Waals surface area contributed by atoms with Crippen LogP contribution in [0.1, 0.15) is 37.8 Å². The van der Waals surface area contributed by atoms with Gasteiger partial charge in [-0.25, -0.2) is 0 Å². The first-order chi connectivity index (χ1) is 18.8. The lowest BCUT2D eigenvalue weighted by molar-refractivity contribution is -0.121. The maximum absolute atomic E-state index is 14.8. The number of hydrogen-bond donors (Lipinski definition) is 0. The summed E-state index contributed by atoms with van der Waals surface area (Å²) >= 11 is 7.40. The number of fused-ring (bicyclic) bond motifs is 5. The van der Waals surface area contributed by atoms with E-state index in [1.807, 2.05) is 43.3 Å². The first-order valence-corrected chi connectivity index (χ1v) is 13.4. The Kier molecular flexibility index (Phi) is 5.07. The minimum Gasteiger partial charge on any atom is -0.450 e. The Bertz CT molecular complexity index is 1920. The molecule has 1 unspecified atom stereocenters. The zero-order valence-electron chi connectivity index (χ0n) is 20.8. The van der Waals surface area contributed by atoms with Crippen molar-refractivity contribution in [1.29, 1.82) is 0 Å². The van der Waals surface area contributed by atoms with Crippen LogP contribution in [0.15, 0.2) is 75.9 Å². The van der Waals surface area contributed by atoms with Crippen LogP contribution in [0.4, 0.5) is 10.8 Å². The molecule has 0 radical (unpaired) electrons. The lowest BCUT2D eigenvalue weighted by atomic mass is 9.84. The summed E-state index contributed by atoms with van der Waals surface area (Å²) in [5.74, 6) is -1.27. The van der Waals surface area contributed by atoms with Gasteiger partial charge in [-0.2, -0.15) is 0 Å². The van der Waals surface area contributed by atoms with Gasteiger partial charge in [0, 0.05) is 10.6 Å². The molecule has 0 N–H and O–H groups in total. The second-order valence-electron chi connectivity index (χ2n) is 9.62. The van der Waals surface area contributed by atoms with Gasteiger partial charge in [0.05, 0.1) is 23.2 Å². The van der Waals surface area contributed by atoms with Crippen molar-refractivity contribution < 1.29 is 14.0 Å². The quantitative estimate of drug-likeness (QED) is 0.298. The van der Waals surface area contributed by atoms with E-state index in [1.165, 1.54) is 11.0 Å². The molecule has 2 aliphatic heterocycles. The van der Waals surface area contributed by atoms with Gasteiger partial charge in [0.1, 0.15) is 10.6 Å². The summed E-state index contributed by atoms with van der Waals surface area (Å²) in [4.78, 5) is 46.0. The predicted octanol–water partition coefficient (Wildman–Crippen LogP) is 5.37. The maximum atomic E-state index is 14.8. The first kappa shape index (κ1) is 23.8. The van der Waals surface area contributed by atoms with Crippen LogP contribution >= 0.6 is 22.9 Å². The lowest BCUT2D eigenvalue weighted by Crippen LogP contribution is -2.53. The van der Waals surface area contributed by atoms with E-state index in [4.69, 9.17) is 16.0 Å². The molecule has 7 rings (SSSR count). The highest BCUT2D eigenvalue weighted by Crippen LogP contribution is 2.54. The van der Waals surface area contributed by atoms with Crippen molar-refractivity contribution in [3.63, 3.8) is 0 Å². The number of aryl methyl sites for hydroxylation is 2. The second-order valence-corrected chi connectivity index (χ2v) is 11.2. The molecule has 2 amide bonds. The number of carbonyl (C=O) groups is 2. The molecule has 0 fully saturated rings. The Labute approximate surface area is 231 Å². The number of hydrogen-bond acceptors (Lipinski definition) is 7. The Morgan fingerprint density at radius 3 is 2.49 bits per heavy atom. The maximum Gasteiger partial charge on any atom is 0.297 e. The number of halogens is 1. The van der Waals surface area contributed by atoms with Crippen LogP contribution in [0, 0.1) is 13.8 Å². The fourth-order valence-corrected chi connectivity index (χ4v) is 6.46. The van der Waals surface area contributed by atoms with Crippen molar-refractivity contribution in [2.45, 2.75) is 25.9 Å². The molecule has 0 saturated carbocycles. The number of aromatic nitrogens is 2. The monoisotopic (exact) mass is 554 g/mol. The van der Waals surface area contributed by atoms with E-state index in [0.29, 0.717) is 21.3 Å². The van der Waals surface area contributed by atoms with Crippen LogP contribution in [0.5, 0.6) is 0 Å². The van der Waals surface area contributed by atoms with Crippen molar-refractivity contribution >= 4 is 56.5 Å². The third-order valence-electron chi connectivity index (χ3n) is 7.25. The summed E-state index contributed by atoms with van der Waals surface area (Å²) in [6, 6.07) is 19.7. The molecule has 0 bridgehead atoms. The molecular formula is C29H19ClN4O4S. The highest BCUT2D eigenvalue weighted by molar-refractivity contribution is 7.15. The van der Waals surface area contributed by atoms with E-state index in [9.17, 15) is 14.4 Å². The smallest absolute Gasteiger partial charge is 0.297 e. The van der Waals surface area contributed by atoms with E-state index >= 15 is 0 Å². The molecule has 8 nitrogen and oxygen atoms in total. The van der Waals surface area contributed by atoms with Crippen LogP contribution in [0.3, 0.4) is 0 Å². The summed E-state index contributed by atoms with van der Waals surface area (Å²) in [5, 5.41) is 9.66. The minimum atomic E-state index is -1.82. The lowest BCUT2D eigenvalue weighted by Gasteiger charge is -2.32. The molecule has 192 valence electrons. The largest absolute Gasteiger partial charge is 0.450 e. The Balaban J connectivity index is 1.56. The van der Waals surface area contributed by atoms with Gasteiger partial charge < -0.3 is 9.32 Å². The molecule has 0 saturated heterocycles. The van der Waals surface area contributed by atoms with Crippen LogP contribution in [0.25, 0.3) is 11.0 Å². The van der Waals surface area contributed by atoms with Crippen LogP contribution in [-0.4, -0.2) is 22.0 Å². The van der Waals surface area contributed by atoms with Gasteiger partial charge in [-0.1, -0.05) is 71.0 Å². The average molecular weight is 555 g/mol. The van der Waals surface area contributed by atoms with Gasteiger partial charge in [0.2, 0.25) is 10.9 Å². The van der Waals surface area contributed by atoms with Crippen LogP contribution < -0.4 is 15.2 Å². The molecule has 2 aliphatic rings. The van der Waals surface area contributed by atoms with Crippen molar-refractivity contribution in [3.05, 3.63) is 115 Å². The predicted molar refractivity (Wildman–Crippen MR) is 149 cm³/mol. The third-order valence-corrected chi connectivity index (χ3v) is 8.31. The van der Waals surface area contributed by atoms with Crippen molar-refractivity contribution in [3.8, 4) is 0 Å². The normalized spacial score (nSPS) is 17.9. The molecule has 10 heteroatoms. The van der Waals surface area contributed by atoms with Crippen molar-refractivity contribution in [2.24, 2.45) is 0 Å². The number of nitrogens with zero attached hydrogens (tertiary/aromatic N) is 4. The summed E-state index contributed by atoms with van der Waals surface area (Å²) in [5.41, 5.74) is 0.941. The number of carbonyl (C=O) groups excluding carboxylic acids is 2.